The number of hydrogen-bond acceptors (Lipinski definition) is 16. The fraction of sp³-hybridized carbons (Fsp3) is 1.00. The van der Waals surface area contributed by atoms with Crippen LogP contribution in [-0.4, -0.2) is 298 Å². The molecule has 0 aromatic rings. The van der Waals surface area contributed by atoms with Crippen LogP contribution in [0.15, 0.2) is 0 Å². The summed E-state index contributed by atoms with van der Waals surface area (Å²) in [5.74, 6) is 0.228. The van der Waals surface area contributed by atoms with Crippen molar-refractivity contribution < 1.29 is 17.9 Å². The zero-order valence-electron chi connectivity index (χ0n) is 57.2. The lowest BCUT2D eigenvalue weighted by Gasteiger charge is -2.31. The second-order valence-corrected chi connectivity index (χ2v) is 26.7. The number of hydrogen-bond donors (Lipinski definition) is 7. The Labute approximate surface area is 511 Å². The third kappa shape index (κ3) is 61.2. The SMILES string of the molecule is CC(C)NCCN(C)C.CC(C)NCCN1CCC(F)(F)CC1.CC(C)NCCN1CCC(F)CC1.CC(C)NCCN1CCCCC1.CC(C)NCCN1CCOCC1.CC(C)NCCN1CCSCC1.CCN(C)CCNC(C)C. The van der Waals surface area contributed by atoms with E-state index in [9.17, 15) is 13.2 Å². The molecule has 0 aromatic heterocycles. The zero-order valence-corrected chi connectivity index (χ0v) is 58.0. The number of ether oxygens (including phenoxy) is 1. The molecule has 0 aliphatic carbocycles. The van der Waals surface area contributed by atoms with Gasteiger partial charge < -0.3 is 71.4 Å². The minimum absolute atomic E-state index is 0.0225. The van der Waals surface area contributed by atoms with Crippen molar-refractivity contribution >= 4 is 11.8 Å². The van der Waals surface area contributed by atoms with Gasteiger partial charge in [0.05, 0.1) is 13.2 Å². The number of thioether (sulfide) groups is 1. The van der Waals surface area contributed by atoms with Crippen molar-refractivity contribution in [2.24, 2.45) is 0 Å². The standard InChI is InChI=1S/C10H20F2N2.C10H21FN2.C10H22N2.C9H20N2O.C9H20N2S.C8H20N2.C7H18N2/c1-9(2)13-5-8-14-6-3-10(11,12)4-7-14;1-9(2)12-5-8-13-6-3-10(11)4-7-13;1-10(2)11-6-9-12-7-4-3-5-8-12;2*1-9(2)10-3-4-11-5-7-12-8-6-11;1-5-10(4)7-6-9-8(2)3;1-7(2)8-5-6-9(3)4/h9,13H,3-8H2,1-2H3;9-10,12H,3-8H2,1-2H3;10-11H,3-9H2,1-2H3;2*9-10H,3-8H2,1-2H3;8-9H,5-7H2,1-4H3;7-8H,5-6H2,1-4H3. The molecule has 5 aliphatic rings. The number of likely N-dealkylation sites (tertiary alicyclic amines) is 3. The van der Waals surface area contributed by atoms with E-state index in [4.69, 9.17) is 4.74 Å². The van der Waals surface area contributed by atoms with Gasteiger partial charge in [0.25, 0.3) is 5.92 Å². The quantitative estimate of drug-likeness (QED) is 0.0403. The van der Waals surface area contributed by atoms with Gasteiger partial charge in [-0.05, 0) is 66.5 Å². The van der Waals surface area contributed by atoms with Crippen LogP contribution in [0.4, 0.5) is 13.2 Å². The monoisotopic (exact) mass is 1200 g/mol. The first-order valence-electron chi connectivity index (χ1n) is 33.1. The Morgan fingerprint density at radius 2 is 0.756 bits per heavy atom. The summed E-state index contributed by atoms with van der Waals surface area (Å²) in [5, 5.41) is 23.7. The lowest BCUT2D eigenvalue weighted by Crippen LogP contribution is -2.43. The molecule has 0 unspecified atom stereocenters. The van der Waals surface area contributed by atoms with Crippen LogP contribution in [0.2, 0.25) is 0 Å². The topological polar surface area (TPSA) is 116 Å². The van der Waals surface area contributed by atoms with E-state index in [1.807, 2.05) is 0 Å². The van der Waals surface area contributed by atoms with Crippen LogP contribution in [0.1, 0.15) is 149 Å². The normalized spacial score (nSPS) is 18.8. The Hall–Kier alpha value is -0.460. The van der Waals surface area contributed by atoms with Gasteiger partial charge in [0.15, 0.2) is 0 Å². The van der Waals surface area contributed by atoms with Crippen LogP contribution in [0.3, 0.4) is 0 Å². The lowest BCUT2D eigenvalue weighted by atomic mass is 10.1. The molecule has 7 N–H and O–H groups in total. The summed E-state index contributed by atoms with van der Waals surface area (Å²) in [6.45, 7) is 61.1. The predicted molar refractivity (Wildman–Crippen MR) is 356 cm³/mol. The highest BCUT2D eigenvalue weighted by molar-refractivity contribution is 7.99. The lowest BCUT2D eigenvalue weighted by molar-refractivity contribution is -0.0548. The molecule has 19 heteroatoms. The van der Waals surface area contributed by atoms with Crippen LogP contribution < -0.4 is 37.2 Å². The van der Waals surface area contributed by atoms with E-state index in [1.165, 1.54) is 70.0 Å². The first-order valence-corrected chi connectivity index (χ1v) is 34.2. The first kappa shape index (κ1) is 83.6. The molecule has 5 aliphatic heterocycles. The molecular weight excluding hydrogens is 1060 g/mol. The van der Waals surface area contributed by atoms with Crippen molar-refractivity contribution in [2.75, 3.05) is 209 Å². The Bertz CT molecular complexity index is 1220. The van der Waals surface area contributed by atoms with Gasteiger partial charge in [0, 0.05) is 211 Å². The maximum absolute atomic E-state index is 12.8. The summed E-state index contributed by atoms with van der Waals surface area (Å²) in [5.41, 5.74) is 0. The molecule has 5 fully saturated rings. The third-order valence-corrected chi connectivity index (χ3v) is 15.3. The molecule has 0 atom stereocenters. The molecular formula is C63H141F3N14OS. The molecule has 82 heavy (non-hydrogen) atoms. The van der Waals surface area contributed by atoms with Crippen molar-refractivity contribution in [3.8, 4) is 0 Å². The maximum Gasteiger partial charge on any atom is 0.250 e. The summed E-state index contributed by atoms with van der Waals surface area (Å²) >= 11 is 2.08. The summed E-state index contributed by atoms with van der Waals surface area (Å²) < 4.78 is 43.6. The van der Waals surface area contributed by atoms with Crippen LogP contribution in [-0.2, 0) is 4.74 Å². The fourth-order valence-electron chi connectivity index (χ4n) is 8.90. The largest absolute Gasteiger partial charge is 0.379 e. The van der Waals surface area contributed by atoms with E-state index >= 15 is 0 Å². The van der Waals surface area contributed by atoms with Crippen LogP contribution >= 0.6 is 11.8 Å². The number of piperidine rings is 3. The van der Waals surface area contributed by atoms with Crippen molar-refractivity contribution in [1.82, 2.24) is 71.5 Å². The molecule has 0 spiro atoms. The van der Waals surface area contributed by atoms with E-state index in [1.54, 1.807) is 0 Å². The zero-order chi connectivity index (χ0) is 62.0. The average Bonchev–Trinajstić information content (AvgIpc) is 3.43. The van der Waals surface area contributed by atoms with Gasteiger partial charge in [-0.15, -0.1) is 0 Å². The highest BCUT2D eigenvalue weighted by atomic mass is 32.2. The van der Waals surface area contributed by atoms with Gasteiger partial charge >= 0.3 is 0 Å². The highest BCUT2D eigenvalue weighted by Gasteiger charge is 2.33. The second-order valence-electron chi connectivity index (χ2n) is 25.5. The van der Waals surface area contributed by atoms with Gasteiger partial charge in [0.1, 0.15) is 6.17 Å². The number of alkyl halides is 3. The molecule has 496 valence electrons. The summed E-state index contributed by atoms with van der Waals surface area (Å²) in [6.07, 6.45) is 5.19. The number of morpholine rings is 1. The highest BCUT2D eigenvalue weighted by Crippen LogP contribution is 2.27. The first-order chi connectivity index (χ1) is 38.8. The summed E-state index contributed by atoms with van der Waals surface area (Å²) in [4.78, 5) is 16.5. The molecule has 5 heterocycles. The minimum Gasteiger partial charge on any atom is -0.379 e. The van der Waals surface area contributed by atoms with Crippen LogP contribution in [0, 0.1) is 0 Å². The predicted octanol–water partition coefficient (Wildman–Crippen LogP) is 7.44. The number of nitrogens with one attached hydrogen (secondary N) is 7. The van der Waals surface area contributed by atoms with E-state index in [0.29, 0.717) is 55.4 Å². The molecule has 0 radical (unpaired) electrons. The number of nitrogens with zero attached hydrogens (tertiary/aromatic N) is 7. The van der Waals surface area contributed by atoms with Crippen molar-refractivity contribution in [3.63, 3.8) is 0 Å². The minimum atomic E-state index is -2.41. The average molecular weight is 1200 g/mol. The van der Waals surface area contributed by atoms with Gasteiger partial charge in [-0.1, -0.05) is 110 Å². The smallest absolute Gasteiger partial charge is 0.250 e. The van der Waals surface area contributed by atoms with Crippen LogP contribution in [0.25, 0.3) is 0 Å². The Morgan fingerprint density at radius 1 is 0.439 bits per heavy atom. The van der Waals surface area contributed by atoms with Gasteiger partial charge in [-0.3, -0.25) is 4.90 Å². The van der Waals surface area contributed by atoms with E-state index in [2.05, 4.69) is 208 Å². The van der Waals surface area contributed by atoms with Crippen LogP contribution in [0.5, 0.6) is 0 Å². The molecule has 15 nitrogen and oxygen atoms in total. The number of likely N-dealkylation sites (N-methyl/N-ethyl adjacent to an activating group) is 2. The maximum atomic E-state index is 12.8. The van der Waals surface area contributed by atoms with Gasteiger partial charge in [-0.25, -0.2) is 13.2 Å². The van der Waals surface area contributed by atoms with Crippen molar-refractivity contribution in [2.45, 2.75) is 203 Å². The van der Waals surface area contributed by atoms with Gasteiger partial charge in [0.2, 0.25) is 0 Å². The van der Waals surface area contributed by atoms with E-state index < -0.39 is 12.1 Å². The Kier molecular flexibility index (Phi) is 56.9. The summed E-state index contributed by atoms with van der Waals surface area (Å²) in [7, 11) is 6.31. The van der Waals surface area contributed by atoms with Crippen molar-refractivity contribution in [3.05, 3.63) is 0 Å². The third-order valence-electron chi connectivity index (χ3n) is 14.4. The number of rotatable bonds is 29. The van der Waals surface area contributed by atoms with Gasteiger partial charge in [-0.2, -0.15) is 11.8 Å². The molecule has 5 saturated heterocycles. The molecule has 0 bridgehead atoms. The fourth-order valence-corrected chi connectivity index (χ4v) is 9.88. The molecule has 0 aromatic carbocycles. The number of halogens is 3. The second kappa shape index (κ2) is 55.8. The molecule has 0 amide bonds. The Balaban J connectivity index is 0. The van der Waals surface area contributed by atoms with E-state index in [-0.39, 0.29) is 12.8 Å². The van der Waals surface area contributed by atoms with Crippen molar-refractivity contribution in [1.29, 1.82) is 0 Å². The van der Waals surface area contributed by atoms with E-state index in [0.717, 1.165) is 137 Å². The summed E-state index contributed by atoms with van der Waals surface area (Å²) in [6, 6.07) is 4.13. The molecule has 0 saturated carbocycles. The molecule has 5 rings (SSSR count). The Morgan fingerprint density at radius 3 is 1.11 bits per heavy atom.